The zero-order valence-corrected chi connectivity index (χ0v) is 12.4. The van der Waals surface area contributed by atoms with Crippen molar-refractivity contribution in [3.8, 4) is 11.8 Å². The van der Waals surface area contributed by atoms with E-state index in [4.69, 9.17) is 10.00 Å². The normalized spacial score (nSPS) is 10.5. The molecule has 0 spiro atoms. The predicted molar refractivity (Wildman–Crippen MR) is 81.7 cm³/mol. The molecule has 0 radical (unpaired) electrons. The van der Waals surface area contributed by atoms with Crippen LogP contribution in [0.2, 0.25) is 0 Å². The number of unbranched alkanes of at least 4 members (excludes halogenated alkanes) is 1. The monoisotopic (exact) mass is 271 g/mol. The van der Waals surface area contributed by atoms with Gasteiger partial charge in [-0.1, -0.05) is 26.8 Å². The number of nitriles is 1. The Morgan fingerprint density at radius 1 is 1.55 bits per heavy atom. The smallest absolute Gasteiger partial charge is 0.166 e. The van der Waals surface area contributed by atoms with Crippen molar-refractivity contribution in [3.63, 3.8) is 0 Å². The molecule has 4 heteroatoms. The lowest BCUT2D eigenvalue weighted by Crippen LogP contribution is -2.02. The van der Waals surface area contributed by atoms with Crippen LogP contribution in [0.25, 0.3) is 0 Å². The van der Waals surface area contributed by atoms with Crippen LogP contribution in [0.3, 0.4) is 0 Å². The molecule has 4 nitrogen and oxygen atoms in total. The first-order valence-electron chi connectivity index (χ1n) is 6.86. The fourth-order valence-electron chi connectivity index (χ4n) is 1.48. The molecule has 0 saturated carbocycles. The van der Waals surface area contributed by atoms with E-state index in [0.717, 1.165) is 24.8 Å². The van der Waals surface area contributed by atoms with Crippen molar-refractivity contribution < 1.29 is 4.74 Å². The maximum absolute atomic E-state index is 9.11. The molecule has 0 saturated heterocycles. The van der Waals surface area contributed by atoms with Crippen LogP contribution in [0.4, 0.5) is 5.69 Å². The van der Waals surface area contributed by atoms with E-state index in [-0.39, 0.29) is 0 Å². The molecule has 0 aliphatic carbocycles. The van der Waals surface area contributed by atoms with Gasteiger partial charge in [0.15, 0.2) is 5.69 Å². The van der Waals surface area contributed by atoms with Gasteiger partial charge in [0.25, 0.3) is 0 Å². The second kappa shape index (κ2) is 8.11. The minimum Gasteiger partial charge on any atom is -0.487 e. The Hall–Kier alpha value is -2.15. The van der Waals surface area contributed by atoms with Crippen LogP contribution >= 0.6 is 0 Å². The number of aryl methyl sites for hydroxylation is 1. The molecule has 0 amide bonds. The molecule has 1 heterocycles. The summed E-state index contributed by atoms with van der Waals surface area (Å²) in [5.74, 6) is 0.655. The Bertz CT molecular complexity index is 541. The highest BCUT2D eigenvalue weighted by molar-refractivity contribution is 5.66. The van der Waals surface area contributed by atoms with Gasteiger partial charge in [-0.15, -0.1) is 0 Å². The summed E-state index contributed by atoms with van der Waals surface area (Å²) < 4.78 is 5.69. The maximum atomic E-state index is 9.11. The van der Waals surface area contributed by atoms with Gasteiger partial charge >= 0.3 is 0 Å². The van der Waals surface area contributed by atoms with Crippen molar-refractivity contribution in [2.24, 2.45) is 4.99 Å². The highest BCUT2D eigenvalue weighted by Crippen LogP contribution is 2.26. The third kappa shape index (κ3) is 4.51. The Morgan fingerprint density at radius 3 is 2.90 bits per heavy atom. The summed E-state index contributed by atoms with van der Waals surface area (Å²) in [4.78, 5) is 8.55. The van der Waals surface area contributed by atoms with E-state index in [1.807, 2.05) is 20.1 Å². The van der Waals surface area contributed by atoms with Crippen LogP contribution in [0, 0.1) is 18.3 Å². The standard InChI is InChI=1S/C16H21N3O/c1-5-7-8-18-14-9-16(20-11-12(3)6-2)13(4)19-15(14)10-17/h8-9H,3,5-7,11H2,1-2,4H3. The minimum atomic E-state index is 0.330. The van der Waals surface area contributed by atoms with E-state index in [0.29, 0.717) is 29.4 Å². The molecule has 1 aromatic heterocycles. The number of pyridine rings is 1. The van der Waals surface area contributed by atoms with E-state index in [9.17, 15) is 0 Å². The van der Waals surface area contributed by atoms with E-state index >= 15 is 0 Å². The minimum absolute atomic E-state index is 0.330. The van der Waals surface area contributed by atoms with Gasteiger partial charge in [-0.2, -0.15) is 5.26 Å². The number of hydrogen-bond acceptors (Lipinski definition) is 4. The average molecular weight is 271 g/mol. The predicted octanol–water partition coefficient (Wildman–Crippen LogP) is 4.11. The summed E-state index contributed by atoms with van der Waals surface area (Å²) in [6, 6.07) is 3.84. The first kappa shape index (κ1) is 15.9. The zero-order valence-electron chi connectivity index (χ0n) is 12.4. The van der Waals surface area contributed by atoms with Crippen molar-refractivity contribution in [3.05, 3.63) is 29.6 Å². The van der Waals surface area contributed by atoms with Gasteiger partial charge < -0.3 is 4.74 Å². The number of aliphatic imine (C=N–C) groups is 1. The van der Waals surface area contributed by atoms with Crippen LogP contribution in [-0.4, -0.2) is 17.8 Å². The number of ether oxygens (including phenoxy) is 1. The van der Waals surface area contributed by atoms with Crippen LogP contribution in [0.1, 0.15) is 44.5 Å². The molecule has 20 heavy (non-hydrogen) atoms. The van der Waals surface area contributed by atoms with E-state index in [1.165, 1.54) is 0 Å². The first-order chi connectivity index (χ1) is 9.62. The topological polar surface area (TPSA) is 58.3 Å². The molecule has 0 aliphatic heterocycles. The molecule has 1 rings (SSSR count). The lowest BCUT2D eigenvalue weighted by molar-refractivity contribution is 0.345. The first-order valence-corrected chi connectivity index (χ1v) is 6.86. The fraction of sp³-hybridized carbons (Fsp3) is 0.438. The molecule has 0 fully saturated rings. The average Bonchev–Trinajstić information content (AvgIpc) is 2.46. The highest BCUT2D eigenvalue weighted by Gasteiger charge is 2.09. The van der Waals surface area contributed by atoms with Gasteiger partial charge in [0.1, 0.15) is 24.1 Å². The number of nitrogens with zero attached hydrogens (tertiary/aromatic N) is 3. The molecule has 0 atom stereocenters. The number of aromatic nitrogens is 1. The lowest BCUT2D eigenvalue weighted by Gasteiger charge is -2.10. The lowest BCUT2D eigenvalue weighted by atomic mass is 10.2. The Morgan fingerprint density at radius 2 is 2.30 bits per heavy atom. The van der Waals surface area contributed by atoms with Gasteiger partial charge in [0, 0.05) is 12.3 Å². The quantitative estimate of drug-likeness (QED) is 0.554. The molecule has 0 N–H and O–H groups in total. The molecule has 1 aromatic rings. The van der Waals surface area contributed by atoms with Crippen LogP contribution < -0.4 is 4.74 Å². The SMILES string of the molecule is C=C(CC)COc1cc(N=CCCC)c(C#N)nc1C. The molecule has 0 aromatic carbocycles. The van der Waals surface area contributed by atoms with Gasteiger partial charge in [-0.25, -0.2) is 4.98 Å². The van der Waals surface area contributed by atoms with Crippen molar-refractivity contribution in [2.45, 2.75) is 40.0 Å². The summed E-state index contributed by atoms with van der Waals surface area (Å²) in [7, 11) is 0. The largest absolute Gasteiger partial charge is 0.487 e. The van der Waals surface area contributed by atoms with Crippen LogP contribution in [-0.2, 0) is 0 Å². The number of hydrogen-bond donors (Lipinski definition) is 0. The maximum Gasteiger partial charge on any atom is 0.166 e. The van der Waals surface area contributed by atoms with Crippen LogP contribution in [0.15, 0.2) is 23.2 Å². The van der Waals surface area contributed by atoms with Gasteiger partial charge in [0.05, 0.1) is 5.69 Å². The third-order valence-corrected chi connectivity index (χ3v) is 2.83. The number of rotatable bonds is 7. The van der Waals surface area contributed by atoms with Gasteiger partial charge in [-0.05, 0) is 25.3 Å². The Kier molecular flexibility index (Phi) is 6.45. The van der Waals surface area contributed by atoms with Gasteiger partial charge in [0.2, 0.25) is 0 Å². The Balaban J connectivity index is 2.99. The van der Waals surface area contributed by atoms with Gasteiger partial charge in [-0.3, -0.25) is 4.99 Å². The second-order valence-corrected chi connectivity index (χ2v) is 4.54. The zero-order chi connectivity index (χ0) is 15.0. The molecule has 0 unspecified atom stereocenters. The summed E-state index contributed by atoms with van der Waals surface area (Å²) in [5, 5.41) is 9.11. The fourth-order valence-corrected chi connectivity index (χ4v) is 1.48. The molecule has 0 bridgehead atoms. The van der Waals surface area contributed by atoms with E-state index < -0.39 is 0 Å². The summed E-state index contributed by atoms with van der Waals surface area (Å²) >= 11 is 0. The van der Waals surface area contributed by atoms with E-state index in [1.54, 1.807) is 6.07 Å². The highest BCUT2D eigenvalue weighted by atomic mass is 16.5. The van der Waals surface area contributed by atoms with Crippen molar-refractivity contribution >= 4 is 11.9 Å². The summed E-state index contributed by atoms with van der Waals surface area (Å²) in [6.07, 6.45) is 4.58. The Labute approximate surface area is 120 Å². The molecular weight excluding hydrogens is 250 g/mol. The second-order valence-electron chi connectivity index (χ2n) is 4.54. The summed E-state index contributed by atoms with van der Waals surface area (Å²) in [5.41, 5.74) is 2.60. The molecule has 0 aliphatic rings. The van der Waals surface area contributed by atoms with E-state index in [2.05, 4.69) is 29.5 Å². The molecular formula is C16H21N3O. The van der Waals surface area contributed by atoms with Crippen LogP contribution in [0.5, 0.6) is 5.75 Å². The third-order valence-electron chi connectivity index (χ3n) is 2.83. The van der Waals surface area contributed by atoms with Crippen molar-refractivity contribution in [2.75, 3.05) is 6.61 Å². The molecule has 106 valence electrons. The van der Waals surface area contributed by atoms with Crippen molar-refractivity contribution in [1.82, 2.24) is 4.98 Å². The summed E-state index contributed by atoms with van der Waals surface area (Å²) in [6.45, 7) is 10.3. The van der Waals surface area contributed by atoms with Crippen molar-refractivity contribution in [1.29, 1.82) is 5.26 Å².